The number of nitrogens with zero attached hydrogens (tertiary/aromatic N) is 1. The molecule has 0 spiro atoms. The summed E-state index contributed by atoms with van der Waals surface area (Å²) in [6.07, 6.45) is 1.89. The Bertz CT molecular complexity index is 834. The van der Waals surface area contributed by atoms with E-state index in [4.69, 9.17) is 0 Å². The van der Waals surface area contributed by atoms with Crippen molar-refractivity contribution >= 4 is 5.97 Å². The predicted molar refractivity (Wildman–Crippen MR) is 80.3 cm³/mol. The summed E-state index contributed by atoms with van der Waals surface area (Å²) in [5.74, 6) is -1.64. The normalized spacial score (nSPS) is 15.6. The molecule has 1 N–H and O–H groups in total. The second kappa shape index (κ2) is 4.80. The van der Waals surface area contributed by atoms with E-state index in [0.29, 0.717) is 11.3 Å². The molecule has 0 radical (unpaired) electrons. The Morgan fingerprint density at radius 2 is 1.95 bits per heavy atom. The van der Waals surface area contributed by atoms with Gasteiger partial charge in [0, 0.05) is 11.1 Å². The number of pyridine rings is 1. The van der Waals surface area contributed by atoms with Crippen LogP contribution in [-0.4, -0.2) is 15.6 Å². The van der Waals surface area contributed by atoms with Crippen LogP contribution in [0, 0.1) is 12.7 Å². The fourth-order valence-electron chi connectivity index (χ4n) is 2.72. The lowest BCUT2D eigenvalue weighted by Gasteiger charge is -2.20. The van der Waals surface area contributed by atoms with Gasteiger partial charge < -0.3 is 5.11 Å². The molecular formula is C17H16FNO3. The van der Waals surface area contributed by atoms with Crippen LogP contribution in [0.1, 0.15) is 41.4 Å². The number of hydrogen-bond acceptors (Lipinski definition) is 2. The molecule has 22 heavy (non-hydrogen) atoms. The van der Waals surface area contributed by atoms with Gasteiger partial charge in [0.15, 0.2) is 0 Å². The molecule has 0 aliphatic heterocycles. The Morgan fingerprint density at radius 3 is 2.50 bits per heavy atom. The summed E-state index contributed by atoms with van der Waals surface area (Å²) in [5.41, 5.74) is 0.909. The van der Waals surface area contributed by atoms with Crippen molar-refractivity contribution in [3.8, 4) is 5.69 Å². The third kappa shape index (κ3) is 2.22. The number of carboxylic acid groups (broad SMARTS) is 1. The Kier molecular flexibility index (Phi) is 3.16. The van der Waals surface area contributed by atoms with Gasteiger partial charge in [-0.2, -0.15) is 0 Å². The standard InChI is InChI=1S/C17H16FNO3/c1-10-9-11(18)3-5-13(10)19-14(17(2)7-8-17)6-4-12(15(19)20)16(21)22/h3-6,9H,7-8H2,1-2H3,(H,21,22). The molecule has 5 heteroatoms. The second-order valence-electron chi connectivity index (χ2n) is 6.07. The van der Waals surface area contributed by atoms with Gasteiger partial charge in [-0.05, 0) is 55.7 Å². The van der Waals surface area contributed by atoms with Crippen molar-refractivity contribution < 1.29 is 14.3 Å². The zero-order valence-electron chi connectivity index (χ0n) is 12.4. The molecule has 114 valence electrons. The van der Waals surface area contributed by atoms with Gasteiger partial charge in [0.2, 0.25) is 0 Å². The van der Waals surface area contributed by atoms with Gasteiger partial charge in [-0.1, -0.05) is 6.92 Å². The zero-order chi connectivity index (χ0) is 16.1. The van der Waals surface area contributed by atoms with Gasteiger partial charge in [-0.25, -0.2) is 9.18 Å². The summed E-state index contributed by atoms with van der Waals surface area (Å²) in [7, 11) is 0. The molecule has 4 nitrogen and oxygen atoms in total. The third-order valence-corrected chi connectivity index (χ3v) is 4.33. The number of carboxylic acids is 1. The first kappa shape index (κ1) is 14.5. The monoisotopic (exact) mass is 301 g/mol. The van der Waals surface area contributed by atoms with Crippen LogP contribution in [-0.2, 0) is 5.41 Å². The van der Waals surface area contributed by atoms with Crippen molar-refractivity contribution in [2.75, 3.05) is 0 Å². The molecule has 1 aromatic carbocycles. The summed E-state index contributed by atoms with van der Waals surface area (Å²) in [4.78, 5) is 23.9. The van der Waals surface area contributed by atoms with E-state index in [2.05, 4.69) is 0 Å². The molecule has 2 aromatic rings. The SMILES string of the molecule is Cc1cc(F)ccc1-n1c(C2(C)CC2)ccc(C(=O)O)c1=O. The Morgan fingerprint density at radius 1 is 1.27 bits per heavy atom. The van der Waals surface area contributed by atoms with Crippen LogP contribution >= 0.6 is 0 Å². The van der Waals surface area contributed by atoms with Crippen LogP contribution < -0.4 is 5.56 Å². The van der Waals surface area contributed by atoms with Gasteiger partial charge in [0.05, 0.1) is 5.69 Å². The smallest absolute Gasteiger partial charge is 0.341 e. The van der Waals surface area contributed by atoms with Crippen molar-refractivity contribution in [2.24, 2.45) is 0 Å². The summed E-state index contributed by atoms with van der Waals surface area (Å²) >= 11 is 0. The maximum atomic E-state index is 13.3. The highest BCUT2D eigenvalue weighted by molar-refractivity contribution is 5.87. The highest BCUT2D eigenvalue weighted by Gasteiger charge is 2.42. The molecule has 0 unspecified atom stereocenters. The highest BCUT2D eigenvalue weighted by atomic mass is 19.1. The Hall–Kier alpha value is -2.43. The quantitative estimate of drug-likeness (QED) is 0.948. The fraction of sp³-hybridized carbons (Fsp3) is 0.294. The van der Waals surface area contributed by atoms with Crippen LogP contribution in [0.5, 0.6) is 0 Å². The first-order chi connectivity index (χ1) is 10.3. The minimum atomic E-state index is -1.26. The van der Waals surface area contributed by atoms with Crippen molar-refractivity contribution in [2.45, 2.75) is 32.1 Å². The Labute approximate surface area is 126 Å². The predicted octanol–water partition coefficient (Wildman–Crippen LogP) is 3.03. The van der Waals surface area contributed by atoms with E-state index in [-0.39, 0.29) is 16.8 Å². The van der Waals surface area contributed by atoms with Gasteiger partial charge in [-0.15, -0.1) is 0 Å². The maximum Gasteiger partial charge on any atom is 0.341 e. The number of aryl methyl sites for hydroxylation is 1. The molecule has 1 aliphatic carbocycles. The number of carbonyl (C=O) groups is 1. The van der Waals surface area contributed by atoms with Gasteiger partial charge in [0.1, 0.15) is 11.4 Å². The third-order valence-electron chi connectivity index (χ3n) is 4.33. The molecule has 0 atom stereocenters. The van der Waals surface area contributed by atoms with Crippen molar-refractivity contribution in [3.63, 3.8) is 0 Å². The lowest BCUT2D eigenvalue weighted by atomic mass is 10.0. The molecular weight excluding hydrogens is 285 g/mol. The largest absolute Gasteiger partial charge is 0.477 e. The fourth-order valence-corrected chi connectivity index (χ4v) is 2.72. The molecule has 0 amide bonds. The topological polar surface area (TPSA) is 59.3 Å². The van der Waals surface area contributed by atoms with E-state index < -0.39 is 11.5 Å². The average Bonchev–Trinajstić information content (AvgIpc) is 3.18. The number of benzene rings is 1. The molecule has 0 saturated heterocycles. The van der Waals surface area contributed by atoms with Crippen LogP contribution in [0.15, 0.2) is 35.1 Å². The first-order valence-corrected chi connectivity index (χ1v) is 7.10. The van der Waals surface area contributed by atoms with E-state index in [0.717, 1.165) is 18.5 Å². The summed E-state index contributed by atoms with van der Waals surface area (Å²) in [6.45, 7) is 3.74. The zero-order valence-corrected chi connectivity index (χ0v) is 12.4. The van der Waals surface area contributed by atoms with Crippen LogP contribution in [0.3, 0.4) is 0 Å². The van der Waals surface area contributed by atoms with Crippen LogP contribution in [0.25, 0.3) is 5.69 Å². The van der Waals surface area contributed by atoms with Gasteiger partial charge in [0.25, 0.3) is 5.56 Å². The van der Waals surface area contributed by atoms with E-state index >= 15 is 0 Å². The highest BCUT2D eigenvalue weighted by Crippen LogP contribution is 2.47. The number of hydrogen-bond donors (Lipinski definition) is 1. The van der Waals surface area contributed by atoms with Crippen LogP contribution in [0.4, 0.5) is 4.39 Å². The Balaban J connectivity index is 2.34. The number of aromatic carboxylic acids is 1. The lowest BCUT2D eigenvalue weighted by molar-refractivity contribution is 0.0694. The molecule has 1 saturated carbocycles. The molecule has 1 aliphatic rings. The molecule has 0 bridgehead atoms. The summed E-state index contributed by atoms with van der Waals surface area (Å²) in [5, 5.41) is 9.19. The molecule has 1 fully saturated rings. The molecule has 1 aromatic heterocycles. The van der Waals surface area contributed by atoms with E-state index in [1.807, 2.05) is 6.92 Å². The molecule has 1 heterocycles. The second-order valence-corrected chi connectivity index (χ2v) is 6.07. The molecule has 3 rings (SSSR count). The van der Waals surface area contributed by atoms with E-state index in [1.165, 1.54) is 28.8 Å². The van der Waals surface area contributed by atoms with Crippen molar-refractivity contribution in [3.05, 3.63) is 63.3 Å². The number of aromatic nitrogens is 1. The summed E-state index contributed by atoms with van der Waals surface area (Å²) in [6, 6.07) is 7.20. The van der Waals surface area contributed by atoms with E-state index in [1.54, 1.807) is 13.0 Å². The van der Waals surface area contributed by atoms with Crippen molar-refractivity contribution in [1.82, 2.24) is 4.57 Å². The van der Waals surface area contributed by atoms with Crippen molar-refractivity contribution in [1.29, 1.82) is 0 Å². The lowest BCUT2D eigenvalue weighted by Crippen LogP contribution is -2.30. The number of rotatable bonds is 3. The first-order valence-electron chi connectivity index (χ1n) is 7.10. The van der Waals surface area contributed by atoms with E-state index in [9.17, 15) is 19.1 Å². The number of halogens is 1. The van der Waals surface area contributed by atoms with Gasteiger partial charge in [-0.3, -0.25) is 9.36 Å². The van der Waals surface area contributed by atoms with Gasteiger partial charge >= 0.3 is 5.97 Å². The summed E-state index contributed by atoms with van der Waals surface area (Å²) < 4.78 is 14.8. The average molecular weight is 301 g/mol. The van der Waals surface area contributed by atoms with Crippen LogP contribution in [0.2, 0.25) is 0 Å². The minimum absolute atomic E-state index is 0.128. The minimum Gasteiger partial charge on any atom is -0.477 e. The maximum absolute atomic E-state index is 13.3.